The van der Waals surface area contributed by atoms with Gasteiger partial charge in [0.25, 0.3) is 5.56 Å². The highest BCUT2D eigenvalue weighted by atomic mass is 32.1. The molecule has 0 spiro atoms. The van der Waals surface area contributed by atoms with Crippen molar-refractivity contribution in [3.8, 4) is 0 Å². The summed E-state index contributed by atoms with van der Waals surface area (Å²) in [5, 5.41) is 10.9. The van der Waals surface area contributed by atoms with Crippen molar-refractivity contribution in [3.05, 3.63) is 94.4 Å². The number of furan rings is 1. The molecule has 1 aliphatic heterocycles. The molecule has 0 amide bonds. The summed E-state index contributed by atoms with van der Waals surface area (Å²) in [6, 6.07) is 9.71. The lowest BCUT2D eigenvalue weighted by Crippen LogP contribution is -2.39. The molecule has 0 saturated heterocycles. The van der Waals surface area contributed by atoms with Crippen molar-refractivity contribution in [3.63, 3.8) is 0 Å². The van der Waals surface area contributed by atoms with E-state index in [1.807, 2.05) is 24.3 Å². The van der Waals surface area contributed by atoms with Gasteiger partial charge in [-0.1, -0.05) is 49.4 Å². The standard InChI is InChI=1S/C24H23N3O6S/c1-5-32-23(29)20-14(4)25-24-26(21(20)16-8-6-15(7-9-16)13(2)3)22(28)18(34-24)12-17-10-11-19(33-17)27(30)31/h6-13,21H,5H2,1-4H3/b18-12-/t21-/m0/s1. The van der Waals surface area contributed by atoms with Crippen molar-refractivity contribution < 1.29 is 18.9 Å². The molecular weight excluding hydrogens is 458 g/mol. The van der Waals surface area contributed by atoms with Crippen LogP contribution < -0.4 is 14.9 Å². The van der Waals surface area contributed by atoms with Crippen LogP contribution in [-0.2, 0) is 9.53 Å². The van der Waals surface area contributed by atoms with Crippen molar-refractivity contribution in [2.75, 3.05) is 6.61 Å². The van der Waals surface area contributed by atoms with Gasteiger partial charge in [0.05, 0.1) is 34.5 Å². The Morgan fingerprint density at radius 2 is 2.00 bits per heavy atom. The lowest BCUT2D eigenvalue weighted by molar-refractivity contribution is -0.402. The second-order valence-corrected chi connectivity index (χ2v) is 9.07. The molecule has 1 atom stereocenters. The van der Waals surface area contributed by atoms with Gasteiger partial charge in [-0.15, -0.1) is 0 Å². The minimum absolute atomic E-state index is 0.177. The Hall–Kier alpha value is -3.79. The van der Waals surface area contributed by atoms with E-state index >= 15 is 0 Å². The van der Waals surface area contributed by atoms with Gasteiger partial charge in [-0.05, 0) is 37.0 Å². The fraction of sp³-hybridized carbons (Fsp3) is 0.292. The van der Waals surface area contributed by atoms with Gasteiger partial charge in [-0.25, -0.2) is 9.79 Å². The van der Waals surface area contributed by atoms with Crippen molar-refractivity contribution in [1.29, 1.82) is 0 Å². The fourth-order valence-corrected chi connectivity index (χ4v) is 4.84. The van der Waals surface area contributed by atoms with Gasteiger partial charge in [0.1, 0.15) is 10.7 Å². The average molecular weight is 482 g/mol. The largest absolute Gasteiger partial charge is 0.463 e. The number of esters is 1. The number of benzene rings is 1. The van der Waals surface area contributed by atoms with Crippen LogP contribution in [0.3, 0.4) is 0 Å². The second-order valence-electron chi connectivity index (χ2n) is 8.06. The van der Waals surface area contributed by atoms with E-state index in [1.165, 1.54) is 22.8 Å². The third-order valence-electron chi connectivity index (χ3n) is 5.50. The third-order valence-corrected chi connectivity index (χ3v) is 6.48. The molecule has 0 saturated carbocycles. The van der Waals surface area contributed by atoms with Gasteiger partial charge >= 0.3 is 11.9 Å². The topological polar surface area (TPSA) is 117 Å². The zero-order valence-corrected chi connectivity index (χ0v) is 19.9. The van der Waals surface area contributed by atoms with Crippen LogP contribution in [0, 0.1) is 10.1 Å². The molecule has 34 heavy (non-hydrogen) atoms. The Morgan fingerprint density at radius 3 is 2.59 bits per heavy atom. The Labute approximate surface area is 198 Å². The minimum atomic E-state index is -0.718. The van der Waals surface area contributed by atoms with E-state index in [4.69, 9.17) is 9.15 Å². The van der Waals surface area contributed by atoms with Crippen molar-refractivity contribution in [1.82, 2.24) is 4.57 Å². The summed E-state index contributed by atoms with van der Waals surface area (Å²) in [6.45, 7) is 7.80. The Balaban J connectivity index is 1.91. The number of carbonyl (C=O) groups is 1. The first-order valence-corrected chi connectivity index (χ1v) is 11.6. The molecule has 9 nitrogen and oxygen atoms in total. The normalized spacial score (nSPS) is 15.9. The highest BCUT2D eigenvalue weighted by Gasteiger charge is 2.33. The third kappa shape index (κ3) is 4.24. The molecule has 1 aliphatic rings. The molecule has 1 aromatic carbocycles. The van der Waals surface area contributed by atoms with Gasteiger partial charge in [-0.3, -0.25) is 19.5 Å². The van der Waals surface area contributed by atoms with E-state index < -0.39 is 22.8 Å². The van der Waals surface area contributed by atoms with E-state index in [0.717, 1.165) is 22.5 Å². The van der Waals surface area contributed by atoms with Crippen LogP contribution in [0.5, 0.6) is 0 Å². The number of nitro groups is 1. The van der Waals surface area contributed by atoms with E-state index in [0.29, 0.717) is 22.0 Å². The Kier molecular flexibility index (Phi) is 6.34. The molecule has 4 rings (SSSR count). The summed E-state index contributed by atoms with van der Waals surface area (Å²) in [5.41, 5.74) is 2.27. The van der Waals surface area contributed by atoms with Crippen LogP contribution in [0.2, 0.25) is 0 Å². The molecule has 176 valence electrons. The van der Waals surface area contributed by atoms with E-state index in [-0.39, 0.29) is 22.5 Å². The number of hydrogen-bond acceptors (Lipinski definition) is 8. The second kappa shape index (κ2) is 9.22. The highest BCUT2D eigenvalue weighted by Crippen LogP contribution is 2.31. The number of fused-ring (bicyclic) bond motifs is 1. The fourth-order valence-electron chi connectivity index (χ4n) is 3.82. The van der Waals surface area contributed by atoms with Crippen molar-refractivity contribution in [2.24, 2.45) is 4.99 Å². The van der Waals surface area contributed by atoms with Crippen LogP contribution in [0.25, 0.3) is 6.08 Å². The first kappa shape index (κ1) is 23.4. The van der Waals surface area contributed by atoms with Crippen LogP contribution in [0.1, 0.15) is 56.5 Å². The van der Waals surface area contributed by atoms with Crippen LogP contribution in [0.4, 0.5) is 5.88 Å². The van der Waals surface area contributed by atoms with Gasteiger partial charge in [0.15, 0.2) is 4.80 Å². The SMILES string of the molecule is CCOC(=O)C1=C(C)N=c2s/c(=C\c3ccc([N+](=O)[O-])o3)c(=O)n2[C@H]1c1ccc(C(C)C)cc1. The molecule has 0 N–H and O–H groups in total. The summed E-state index contributed by atoms with van der Waals surface area (Å²) in [5.74, 6) is -0.438. The molecule has 0 bridgehead atoms. The zero-order chi connectivity index (χ0) is 24.6. The first-order valence-electron chi connectivity index (χ1n) is 10.7. The summed E-state index contributed by atoms with van der Waals surface area (Å²) < 4.78 is 12.2. The van der Waals surface area contributed by atoms with Gasteiger partial charge in [0.2, 0.25) is 0 Å². The molecular formula is C24H23N3O6S. The van der Waals surface area contributed by atoms with Crippen molar-refractivity contribution in [2.45, 2.75) is 39.7 Å². The summed E-state index contributed by atoms with van der Waals surface area (Å²) in [4.78, 5) is 41.6. The highest BCUT2D eigenvalue weighted by molar-refractivity contribution is 7.07. The number of thiazole rings is 1. The molecule has 0 unspecified atom stereocenters. The quantitative estimate of drug-likeness (QED) is 0.303. The number of allylic oxidation sites excluding steroid dienone is 1. The summed E-state index contributed by atoms with van der Waals surface area (Å²) in [6.07, 6.45) is 1.44. The van der Waals surface area contributed by atoms with Crippen LogP contribution in [0.15, 0.2) is 61.9 Å². The van der Waals surface area contributed by atoms with Crippen LogP contribution in [-0.4, -0.2) is 22.1 Å². The van der Waals surface area contributed by atoms with Gasteiger partial charge in [0, 0.05) is 6.08 Å². The molecule has 0 radical (unpaired) electrons. The molecule has 3 aromatic rings. The molecule has 0 aliphatic carbocycles. The average Bonchev–Trinajstić information content (AvgIpc) is 3.38. The van der Waals surface area contributed by atoms with Gasteiger partial charge < -0.3 is 9.15 Å². The lowest BCUT2D eigenvalue weighted by Gasteiger charge is -2.25. The number of ether oxygens (including phenoxy) is 1. The monoisotopic (exact) mass is 481 g/mol. The maximum atomic E-state index is 13.5. The maximum absolute atomic E-state index is 13.5. The first-order chi connectivity index (χ1) is 16.2. The number of aromatic nitrogens is 1. The Bertz CT molecular complexity index is 1470. The molecule has 10 heteroatoms. The minimum Gasteiger partial charge on any atom is -0.463 e. The zero-order valence-electron chi connectivity index (χ0n) is 19.1. The predicted octanol–water partition coefficient (Wildman–Crippen LogP) is 3.42. The maximum Gasteiger partial charge on any atom is 0.433 e. The number of carbonyl (C=O) groups excluding carboxylic acids is 1. The van der Waals surface area contributed by atoms with E-state index in [9.17, 15) is 19.7 Å². The van der Waals surface area contributed by atoms with Crippen molar-refractivity contribution >= 4 is 29.3 Å². The summed E-state index contributed by atoms with van der Waals surface area (Å²) >= 11 is 1.12. The molecule has 2 aromatic heterocycles. The molecule has 3 heterocycles. The van der Waals surface area contributed by atoms with Crippen LogP contribution >= 0.6 is 11.3 Å². The Morgan fingerprint density at radius 1 is 1.29 bits per heavy atom. The number of hydrogen-bond donors (Lipinski definition) is 0. The number of rotatable bonds is 6. The smallest absolute Gasteiger partial charge is 0.433 e. The molecule has 0 fully saturated rings. The van der Waals surface area contributed by atoms with Gasteiger partial charge in [-0.2, -0.15) is 0 Å². The van der Waals surface area contributed by atoms with E-state index in [2.05, 4.69) is 18.8 Å². The number of nitrogens with zero attached hydrogens (tertiary/aromatic N) is 3. The summed E-state index contributed by atoms with van der Waals surface area (Å²) in [7, 11) is 0. The van der Waals surface area contributed by atoms with E-state index in [1.54, 1.807) is 13.8 Å². The predicted molar refractivity (Wildman–Crippen MR) is 126 cm³/mol. The lowest BCUT2D eigenvalue weighted by atomic mass is 9.93.